The fourth-order valence-electron chi connectivity index (χ4n) is 3.75. The van der Waals surface area contributed by atoms with Crippen LogP contribution in [0.15, 0.2) is 46.5 Å². The minimum atomic E-state index is -4.88. The molecule has 0 bridgehead atoms. The van der Waals surface area contributed by atoms with Gasteiger partial charge in [0.25, 0.3) is 5.91 Å². The highest BCUT2D eigenvalue weighted by atomic mass is 31.2. The third kappa shape index (κ3) is 9.16. The molecule has 2 aromatic rings. The van der Waals surface area contributed by atoms with E-state index in [4.69, 9.17) is 24.5 Å². The van der Waals surface area contributed by atoms with Crippen LogP contribution < -0.4 is 16.5 Å². The molecule has 0 saturated carbocycles. The van der Waals surface area contributed by atoms with Gasteiger partial charge in [-0.1, -0.05) is 17.3 Å². The van der Waals surface area contributed by atoms with E-state index in [2.05, 4.69) is 15.0 Å². The third-order valence-corrected chi connectivity index (χ3v) is 9.34. The number of carbonyl (C=O) groups excluding carboxylic acids is 1. The monoisotopic (exact) mass is 636 g/mol. The summed E-state index contributed by atoms with van der Waals surface area (Å²) in [4.78, 5) is 68.2. The predicted octanol–water partition coefficient (Wildman–Crippen LogP) is -1.62. The highest BCUT2D eigenvalue weighted by Gasteiger charge is 2.45. The largest absolute Gasteiger partial charge is 0.481 e. The van der Waals surface area contributed by atoms with Crippen molar-refractivity contribution in [1.29, 1.82) is 0 Å². The van der Waals surface area contributed by atoms with Gasteiger partial charge in [0.15, 0.2) is 17.6 Å². The summed E-state index contributed by atoms with van der Waals surface area (Å²) < 4.78 is 34.9. The molecular weight excluding hydrogens is 606 g/mol. The second kappa shape index (κ2) is 13.9. The fraction of sp³-hybridized carbons (Fsp3) is 0.455. The van der Waals surface area contributed by atoms with Gasteiger partial charge in [-0.2, -0.15) is 0 Å². The summed E-state index contributed by atoms with van der Waals surface area (Å²) in [5.41, 5.74) is 0.273. The predicted molar refractivity (Wildman–Crippen MR) is 140 cm³/mol. The second-order valence-electron chi connectivity index (χ2n) is 9.17. The van der Waals surface area contributed by atoms with Gasteiger partial charge < -0.3 is 49.4 Å². The summed E-state index contributed by atoms with van der Waals surface area (Å²) in [5.74, 6) is -2.91. The summed E-state index contributed by atoms with van der Waals surface area (Å²) in [6.07, 6.45) is -5.19. The Morgan fingerprint density at radius 2 is 1.76 bits per heavy atom. The lowest BCUT2D eigenvalue weighted by molar-refractivity contribution is -0.136. The van der Waals surface area contributed by atoms with E-state index in [1.807, 2.05) is 0 Å². The zero-order valence-electron chi connectivity index (χ0n) is 22.0. The van der Waals surface area contributed by atoms with E-state index in [0.29, 0.717) is 11.1 Å². The SMILES string of the molecule is Cn1c(=O)n([C@@H]2O[C@H](COP(=O)(O)CP(=O)(O)O)[C@@H](O)[C@H]2O)cc/c1=N/OCc1ccc(C(=O)NCCC(=O)O)cc1. The summed E-state index contributed by atoms with van der Waals surface area (Å²) >= 11 is 0. The Hall–Kier alpha value is -3.18. The normalized spacial score (nSPS) is 22.5. The molecule has 20 heteroatoms. The van der Waals surface area contributed by atoms with Crippen molar-refractivity contribution >= 4 is 27.1 Å². The molecule has 0 radical (unpaired) electrons. The highest BCUT2D eigenvalue weighted by molar-refractivity contribution is 7.70. The molecule has 18 nitrogen and oxygen atoms in total. The number of hydrogen-bond acceptors (Lipinski definition) is 11. The van der Waals surface area contributed by atoms with Crippen LogP contribution in [0.2, 0.25) is 0 Å². The number of hydrogen-bond donors (Lipinski definition) is 7. The summed E-state index contributed by atoms with van der Waals surface area (Å²) in [6.45, 7) is -0.843. The number of ether oxygens (including phenoxy) is 1. The second-order valence-corrected chi connectivity index (χ2v) is 13.2. The number of carbonyl (C=O) groups is 2. The molecule has 1 aromatic carbocycles. The first kappa shape index (κ1) is 33.3. The number of carboxylic acids is 1. The van der Waals surface area contributed by atoms with Gasteiger partial charge in [-0.3, -0.25) is 27.9 Å². The van der Waals surface area contributed by atoms with Crippen molar-refractivity contribution in [2.24, 2.45) is 12.2 Å². The molecule has 1 unspecified atom stereocenters. The van der Waals surface area contributed by atoms with Crippen molar-refractivity contribution in [3.8, 4) is 0 Å². The molecular formula is C22H30N4O14P2. The molecule has 232 valence electrons. The fourth-order valence-corrected chi connectivity index (χ4v) is 6.32. The molecule has 2 heterocycles. The summed E-state index contributed by atoms with van der Waals surface area (Å²) in [6, 6.07) is 7.59. The molecule has 7 N–H and O–H groups in total. The Labute approximate surface area is 237 Å². The molecule has 5 atom stereocenters. The first-order valence-electron chi connectivity index (χ1n) is 12.1. The third-order valence-electron chi connectivity index (χ3n) is 5.88. The first-order valence-corrected chi connectivity index (χ1v) is 15.7. The van der Waals surface area contributed by atoms with Crippen LogP contribution >= 0.6 is 15.2 Å². The number of aliphatic hydroxyl groups excluding tert-OH is 2. The number of amides is 1. The van der Waals surface area contributed by atoms with Crippen LogP contribution in [0.25, 0.3) is 0 Å². The molecule has 1 aromatic heterocycles. The van der Waals surface area contributed by atoms with Crippen molar-refractivity contribution in [2.45, 2.75) is 37.6 Å². The molecule has 1 amide bonds. The number of aliphatic hydroxyl groups is 2. The standard InChI is InChI=1S/C22H30N4O14P2/c1-25-16(24-38-10-13-2-4-14(5-3-13)20(31)23-8-6-17(27)28)7-9-26(22(25)32)21-19(30)18(29)15(40-21)11-39-42(36,37)12-41(33,34)35/h2-5,7,9,15,18-19,21,29-30H,6,8,10-12H2,1H3,(H,23,31)(H,27,28)(H,36,37)(H2,33,34,35)/b24-16-/t15-,18-,19-,21-/m1/s1. The summed E-state index contributed by atoms with van der Waals surface area (Å²) in [5, 5.41) is 35.7. The van der Waals surface area contributed by atoms with E-state index < -0.39 is 69.8 Å². The van der Waals surface area contributed by atoms with Crippen LogP contribution in [-0.4, -0.2) is 88.4 Å². The molecule has 1 aliphatic rings. The van der Waals surface area contributed by atoms with Crippen molar-refractivity contribution < 1.29 is 62.8 Å². The van der Waals surface area contributed by atoms with Crippen molar-refractivity contribution in [1.82, 2.24) is 14.5 Å². The number of nitrogens with one attached hydrogen (secondary N) is 1. The molecule has 3 rings (SSSR count). The van der Waals surface area contributed by atoms with Crippen LogP contribution in [0, 0.1) is 0 Å². The minimum absolute atomic E-state index is 0.0101. The molecule has 0 spiro atoms. The minimum Gasteiger partial charge on any atom is -0.481 e. The van der Waals surface area contributed by atoms with Gasteiger partial charge in [-0.15, -0.1) is 0 Å². The number of aromatic nitrogens is 2. The lowest BCUT2D eigenvalue weighted by Gasteiger charge is -2.19. The van der Waals surface area contributed by atoms with Crippen LogP contribution in [0.3, 0.4) is 0 Å². The Bertz CT molecular complexity index is 1500. The quantitative estimate of drug-likeness (QED) is 0.0962. The number of carboxylic acid groups (broad SMARTS) is 1. The van der Waals surface area contributed by atoms with Crippen LogP contribution in [0.4, 0.5) is 0 Å². The Balaban J connectivity index is 1.62. The van der Waals surface area contributed by atoms with Crippen LogP contribution in [0.5, 0.6) is 0 Å². The molecule has 1 aliphatic heterocycles. The van der Waals surface area contributed by atoms with E-state index in [0.717, 1.165) is 9.13 Å². The van der Waals surface area contributed by atoms with E-state index in [-0.39, 0.29) is 25.1 Å². The van der Waals surface area contributed by atoms with Crippen molar-refractivity contribution in [3.05, 3.63) is 63.6 Å². The van der Waals surface area contributed by atoms with Gasteiger partial charge in [-0.05, 0) is 17.7 Å². The van der Waals surface area contributed by atoms with Gasteiger partial charge in [-0.25, -0.2) is 4.79 Å². The highest BCUT2D eigenvalue weighted by Crippen LogP contribution is 2.55. The molecule has 1 fully saturated rings. The van der Waals surface area contributed by atoms with E-state index in [1.54, 1.807) is 12.1 Å². The molecule has 42 heavy (non-hydrogen) atoms. The van der Waals surface area contributed by atoms with Gasteiger partial charge in [0.1, 0.15) is 24.9 Å². The topological polar surface area (TPSA) is 269 Å². The zero-order chi connectivity index (χ0) is 31.2. The van der Waals surface area contributed by atoms with Crippen molar-refractivity contribution in [3.63, 3.8) is 0 Å². The average molecular weight is 636 g/mol. The van der Waals surface area contributed by atoms with E-state index in [9.17, 15) is 38.6 Å². The number of aliphatic carboxylic acids is 1. The zero-order valence-corrected chi connectivity index (χ0v) is 23.8. The van der Waals surface area contributed by atoms with E-state index in [1.165, 1.54) is 31.4 Å². The van der Waals surface area contributed by atoms with Gasteiger partial charge in [0.05, 0.1) is 13.0 Å². The summed E-state index contributed by atoms with van der Waals surface area (Å²) in [7, 11) is -8.28. The van der Waals surface area contributed by atoms with Gasteiger partial charge in [0, 0.05) is 31.4 Å². The van der Waals surface area contributed by atoms with Crippen LogP contribution in [-0.2, 0) is 41.7 Å². The van der Waals surface area contributed by atoms with Crippen molar-refractivity contribution in [2.75, 3.05) is 19.1 Å². The number of nitrogens with zero attached hydrogens (tertiary/aromatic N) is 3. The lowest BCUT2D eigenvalue weighted by atomic mass is 10.1. The molecule has 0 aliphatic carbocycles. The first-order chi connectivity index (χ1) is 19.6. The average Bonchev–Trinajstić information content (AvgIpc) is 3.17. The Morgan fingerprint density at radius 1 is 1.10 bits per heavy atom. The van der Waals surface area contributed by atoms with Gasteiger partial charge >= 0.3 is 26.9 Å². The Kier molecular flexibility index (Phi) is 11.0. The molecule has 1 saturated heterocycles. The Morgan fingerprint density at radius 3 is 2.38 bits per heavy atom. The van der Waals surface area contributed by atoms with Gasteiger partial charge in [0.2, 0.25) is 0 Å². The maximum atomic E-state index is 12.9. The number of rotatable bonds is 13. The number of benzene rings is 1. The maximum absolute atomic E-state index is 12.9. The lowest BCUT2D eigenvalue weighted by Crippen LogP contribution is -2.42. The van der Waals surface area contributed by atoms with E-state index >= 15 is 0 Å². The maximum Gasteiger partial charge on any atom is 0.340 e. The smallest absolute Gasteiger partial charge is 0.340 e. The van der Waals surface area contributed by atoms with Crippen LogP contribution in [0.1, 0.15) is 28.6 Å².